The molecule has 2 atom stereocenters. The fourth-order valence-electron chi connectivity index (χ4n) is 5.85. The summed E-state index contributed by atoms with van der Waals surface area (Å²) in [6.07, 6.45) is 2.78. The molecule has 1 aliphatic heterocycles. The standard InChI is InChI=1S/C28H27FN4O2/c1-16(34)32-8-7-26-25(14-32)28(19-4-2-3-17(9-19)13-30)31-33(26)15-24-22-11-20(29)10-21(18-5-6-18)23(22)12-27(24)35/h2-4,9-11,18,24,27,35H,5-8,12,14-15H2,1H3/t24?,27-/m1/s1. The molecule has 2 aliphatic carbocycles. The van der Waals surface area contributed by atoms with Crippen molar-refractivity contribution in [1.82, 2.24) is 14.7 Å². The molecule has 1 amide bonds. The van der Waals surface area contributed by atoms with Crippen molar-refractivity contribution in [2.24, 2.45) is 0 Å². The Bertz CT molecular complexity index is 1380. The Hall–Kier alpha value is -3.50. The van der Waals surface area contributed by atoms with Gasteiger partial charge in [0.05, 0.1) is 30.0 Å². The molecule has 1 aromatic heterocycles. The number of aliphatic hydroxyl groups is 1. The van der Waals surface area contributed by atoms with E-state index < -0.39 is 6.10 Å². The summed E-state index contributed by atoms with van der Waals surface area (Å²) in [6.45, 7) is 3.09. The third-order valence-electron chi connectivity index (χ3n) is 7.79. The highest BCUT2D eigenvalue weighted by molar-refractivity contribution is 5.75. The summed E-state index contributed by atoms with van der Waals surface area (Å²) in [7, 11) is 0. The zero-order chi connectivity index (χ0) is 24.3. The number of aliphatic hydroxyl groups excluding tert-OH is 1. The van der Waals surface area contributed by atoms with Gasteiger partial charge in [0.25, 0.3) is 0 Å². The summed E-state index contributed by atoms with van der Waals surface area (Å²) in [6, 6.07) is 12.8. The average molecular weight is 471 g/mol. The first kappa shape index (κ1) is 22.0. The summed E-state index contributed by atoms with van der Waals surface area (Å²) < 4.78 is 16.5. The molecule has 6 rings (SSSR count). The van der Waals surface area contributed by atoms with Gasteiger partial charge < -0.3 is 10.0 Å². The van der Waals surface area contributed by atoms with Gasteiger partial charge in [-0.3, -0.25) is 9.48 Å². The first-order valence-corrected chi connectivity index (χ1v) is 12.3. The van der Waals surface area contributed by atoms with Crippen LogP contribution in [-0.2, 0) is 30.7 Å². The van der Waals surface area contributed by atoms with Crippen LogP contribution in [0, 0.1) is 17.1 Å². The van der Waals surface area contributed by atoms with Crippen molar-refractivity contribution in [3.8, 4) is 17.3 Å². The maximum atomic E-state index is 14.6. The van der Waals surface area contributed by atoms with E-state index in [0.29, 0.717) is 44.0 Å². The number of fused-ring (bicyclic) bond motifs is 2. The molecule has 3 aromatic rings. The van der Waals surface area contributed by atoms with Crippen molar-refractivity contribution >= 4 is 5.91 Å². The lowest BCUT2D eigenvalue weighted by Gasteiger charge is -2.27. The quantitative estimate of drug-likeness (QED) is 0.624. The number of carbonyl (C=O) groups excluding carboxylic acids is 1. The summed E-state index contributed by atoms with van der Waals surface area (Å²) in [4.78, 5) is 13.9. The minimum absolute atomic E-state index is 0.0170. The zero-order valence-electron chi connectivity index (χ0n) is 19.7. The van der Waals surface area contributed by atoms with Crippen molar-refractivity contribution in [1.29, 1.82) is 5.26 Å². The number of aromatic nitrogens is 2. The number of nitrogens with zero attached hydrogens (tertiary/aromatic N) is 4. The molecule has 178 valence electrons. The molecule has 1 saturated carbocycles. The highest BCUT2D eigenvalue weighted by Crippen LogP contribution is 2.47. The Kier molecular flexibility index (Phi) is 5.23. The average Bonchev–Trinajstić information content (AvgIpc) is 3.58. The fraction of sp³-hybridized carbons (Fsp3) is 0.393. The minimum atomic E-state index is -0.591. The van der Waals surface area contributed by atoms with Crippen LogP contribution in [0.25, 0.3) is 11.3 Å². The van der Waals surface area contributed by atoms with E-state index in [1.165, 1.54) is 0 Å². The molecule has 3 aliphatic rings. The maximum Gasteiger partial charge on any atom is 0.219 e. The fourth-order valence-corrected chi connectivity index (χ4v) is 5.85. The van der Waals surface area contributed by atoms with Crippen molar-refractivity contribution in [2.75, 3.05) is 6.54 Å². The molecule has 1 N–H and O–H groups in total. The van der Waals surface area contributed by atoms with Crippen LogP contribution >= 0.6 is 0 Å². The van der Waals surface area contributed by atoms with Crippen LogP contribution in [0.5, 0.6) is 0 Å². The molecule has 2 heterocycles. The van der Waals surface area contributed by atoms with Gasteiger partial charge >= 0.3 is 0 Å². The van der Waals surface area contributed by atoms with Gasteiger partial charge in [-0.25, -0.2) is 4.39 Å². The van der Waals surface area contributed by atoms with E-state index in [9.17, 15) is 19.6 Å². The van der Waals surface area contributed by atoms with Crippen molar-refractivity contribution in [2.45, 2.75) is 63.6 Å². The van der Waals surface area contributed by atoms with E-state index in [-0.39, 0.29) is 17.6 Å². The number of hydrogen-bond acceptors (Lipinski definition) is 4. The third-order valence-corrected chi connectivity index (χ3v) is 7.79. The lowest BCUT2D eigenvalue weighted by atomic mass is 9.95. The number of carbonyl (C=O) groups is 1. The van der Waals surface area contributed by atoms with Crippen LogP contribution in [0.2, 0.25) is 0 Å². The number of benzene rings is 2. The monoisotopic (exact) mass is 470 g/mol. The second-order valence-corrected chi connectivity index (χ2v) is 10.1. The molecule has 0 bridgehead atoms. The van der Waals surface area contributed by atoms with Crippen LogP contribution < -0.4 is 0 Å². The second kappa shape index (κ2) is 8.31. The predicted molar refractivity (Wildman–Crippen MR) is 128 cm³/mol. The molecule has 1 fully saturated rings. The number of hydrogen-bond donors (Lipinski definition) is 1. The van der Waals surface area contributed by atoms with Crippen LogP contribution in [-0.4, -0.2) is 38.3 Å². The normalized spacial score (nSPS) is 20.9. The lowest BCUT2D eigenvalue weighted by Crippen LogP contribution is -2.35. The molecule has 35 heavy (non-hydrogen) atoms. The van der Waals surface area contributed by atoms with Gasteiger partial charge in [0.15, 0.2) is 0 Å². The SMILES string of the molecule is CC(=O)N1CCc2c(c(-c3cccc(C#N)c3)nn2CC2c3cc(F)cc(C4CC4)c3C[C@H]2O)C1. The molecule has 0 saturated heterocycles. The maximum absolute atomic E-state index is 14.6. The first-order valence-electron chi connectivity index (χ1n) is 12.3. The Morgan fingerprint density at radius 1 is 1.23 bits per heavy atom. The van der Waals surface area contributed by atoms with E-state index in [1.807, 2.05) is 27.8 Å². The summed E-state index contributed by atoms with van der Waals surface area (Å²) in [5.41, 5.74) is 7.23. The summed E-state index contributed by atoms with van der Waals surface area (Å²) >= 11 is 0. The van der Waals surface area contributed by atoms with Crippen LogP contribution in [0.15, 0.2) is 36.4 Å². The Labute approximate surface area is 203 Å². The van der Waals surface area contributed by atoms with Gasteiger partial charge in [-0.15, -0.1) is 0 Å². The Balaban J connectivity index is 1.42. The number of rotatable bonds is 4. The van der Waals surface area contributed by atoms with Crippen molar-refractivity contribution < 1.29 is 14.3 Å². The Morgan fingerprint density at radius 2 is 2.03 bits per heavy atom. The molecule has 0 radical (unpaired) electrons. The van der Waals surface area contributed by atoms with Gasteiger partial charge in [-0.2, -0.15) is 10.4 Å². The predicted octanol–water partition coefficient (Wildman–Crippen LogP) is 4.04. The largest absolute Gasteiger partial charge is 0.392 e. The number of amides is 1. The van der Waals surface area contributed by atoms with Gasteiger partial charge in [0.1, 0.15) is 5.82 Å². The topological polar surface area (TPSA) is 82.2 Å². The summed E-state index contributed by atoms with van der Waals surface area (Å²) in [5.74, 6) is -0.0486. The number of halogens is 1. The highest BCUT2D eigenvalue weighted by Gasteiger charge is 2.38. The third kappa shape index (κ3) is 3.82. The smallest absolute Gasteiger partial charge is 0.219 e. The second-order valence-electron chi connectivity index (χ2n) is 10.1. The lowest BCUT2D eigenvalue weighted by molar-refractivity contribution is -0.129. The molecule has 0 spiro atoms. The molecule has 6 nitrogen and oxygen atoms in total. The van der Waals surface area contributed by atoms with Crippen molar-refractivity contribution in [3.05, 3.63) is 75.7 Å². The minimum Gasteiger partial charge on any atom is -0.392 e. The zero-order valence-corrected chi connectivity index (χ0v) is 19.7. The van der Waals surface area contributed by atoms with E-state index in [0.717, 1.165) is 52.0 Å². The molecule has 7 heteroatoms. The number of nitriles is 1. The van der Waals surface area contributed by atoms with Gasteiger partial charge in [0.2, 0.25) is 5.91 Å². The molecule has 2 aromatic carbocycles. The van der Waals surface area contributed by atoms with E-state index >= 15 is 0 Å². The first-order chi connectivity index (χ1) is 16.9. The summed E-state index contributed by atoms with van der Waals surface area (Å²) in [5, 5.41) is 25.4. The Morgan fingerprint density at radius 3 is 2.77 bits per heavy atom. The van der Waals surface area contributed by atoms with Crippen LogP contribution in [0.4, 0.5) is 4.39 Å². The van der Waals surface area contributed by atoms with E-state index in [1.54, 1.807) is 25.1 Å². The van der Waals surface area contributed by atoms with Crippen LogP contribution in [0.3, 0.4) is 0 Å². The molecular formula is C28H27FN4O2. The van der Waals surface area contributed by atoms with Gasteiger partial charge in [0, 0.05) is 49.2 Å². The highest BCUT2D eigenvalue weighted by atomic mass is 19.1. The van der Waals surface area contributed by atoms with Gasteiger partial charge in [-0.1, -0.05) is 12.1 Å². The van der Waals surface area contributed by atoms with E-state index in [2.05, 4.69) is 6.07 Å². The van der Waals surface area contributed by atoms with E-state index in [4.69, 9.17) is 5.10 Å². The molecule has 1 unspecified atom stereocenters. The molecular weight excluding hydrogens is 443 g/mol. The van der Waals surface area contributed by atoms with Crippen LogP contribution in [0.1, 0.15) is 65.1 Å². The van der Waals surface area contributed by atoms with Crippen molar-refractivity contribution in [3.63, 3.8) is 0 Å². The van der Waals surface area contributed by atoms with Gasteiger partial charge in [-0.05, 0) is 66.1 Å².